The third-order valence-corrected chi connectivity index (χ3v) is 3.98. The molecule has 1 rings (SSSR count). The fourth-order valence-corrected chi connectivity index (χ4v) is 2.58. The van der Waals surface area contributed by atoms with E-state index < -0.39 is 23.7 Å². The molecule has 0 aliphatic carbocycles. The first kappa shape index (κ1) is 23.7. The number of amides is 1. The van der Waals surface area contributed by atoms with Crippen LogP contribution in [0.5, 0.6) is 5.75 Å². The second-order valence-electron chi connectivity index (χ2n) is 6.88. The van der Waals surface area contributed by atoms with Crippen LogP contribution >= 0.6 is 0 Å². The molecule has 1 radical (unpaired) electrons. The highest BCUT2D eigenvalue weighted by Crippen LogP contribution is 2.19. The monoisotopic (exact) mass is 389 g/mol. The Kier molecular flexibility index (Phi) is 11.0. The lowest BCUT2D eigenvalue weighted by Gasteiger charge is -2.21. The minimum Gasteiger partial charge on any atom is -0.493 e. The number of nitrogens with two attached hydrogens (primary N) is 1. The van der Waals surface area contributed by atoms with Gasteiger partial charge in [-0.05, 0) is 42.9 Å². The highest BCUT2D eigenvalue weighted by molar-refractivity contribution is 6.37. The summed E-state index contributed by atoms with van der Waals surface area (Å²) in [7, 11) is 1.36. The number of carboxylic acids is 1. The zero-order valence-corrected chi connectivity index (χ0v) is 16.6. The fourth-order valence-electron chi connectivity index (χ4n) is 2.58. The van der Waals surface area contributed by atoms with Crippen molar-refractivity contribution >= 4 is 19.4 Å². The Balaban J connectivity index is 2.76. The summed E-state index contributed by atoms with van der Waals surface area (Å²) in [5.41, 5.74) is 6.25. The van der Waals surface area contributed by atoms with Crippen molar-refractivity contribution in [2.75, 3.05) is 13.3 Å². The number of hydrogen-bond acceptors (Lipinski definition) is 5. The second-order valence-corrected chi connectivity index (χ2v) is 6.88. The number of hydrogen-bond donors (Lipinski definition) is 3. The first-order valence-electron chi connectivity index (χ1n) is 9.38. The maximum atomic E-state index is 12.6. The number of ether oxygens (including phenoxy) is 1. The Morgan fingerprint density at radius 2 is 2.00 bits per heavy atom. The molecule has 4 N–H and O–H groups in total. The summed E-state index contributed by atoms with van der Waals surface area (Å²) >= 11 is 0. The van der Waals surface area contributed by atoms with Crippen molar-refractivity contribution in [1.29, 1.82) is 0 Å². The second kappa shape index (κ2) is 13.0. The van der Waals surface area contributed by atoms with Crippen LogP contribution in [0.15, 0.2) is 36.9 Å². The van der Waals surface area contributed by atoms with Crippen LogP contribution in [0.25, 0.3) is 0 Å². The molecule has 0 aliphatic rings. The van der Waals surface area contributed by atoms with Gasteiger partial charge in [-0.2, -0.15) is 0 Å². The molecule has 0 fully saturated rings. The zero-order chi connectivity index (χ0) is 20.9. The predicted octanol–water partition coefficient (Wildman–Crippen LogP) is 2.14. The van der Waals surface area contributed by atoms with Crippen LogP contribution in [0.2, 0.25) is 5.82 Å². The third-order valence-electron chi connectivity index (χ3n) is 3.98. The number of aliphatic carboxylic acids is 1. The van der Waals surface area contributed by atoms with Crippen molar-refractivity contribution in [3.63, 3.8) is 0 Å². The maximum Gasteiger partial charge on any atom is 0.326 e. The van der Waals surface area contributed by atoms with Crippen LogP contribution in [0.4, 0.5) is 0 Å². The summed E-state index contributed by atoms with van der Waals surface area (Å²) in [5, 5.41) is 11.9. The molecule has 0 saturated heterocycles. The lowest BCUT2D eigenvalue weighted by Crippen LogP contribution is -2.44. The molecule has 7 nitrogen and oxygen atoms in total. The van der Waals surface area contributed by atoms with Crippen LogP contribution in [0.3, 0.4) is 0 Å². The van der Waals surface area contributed by atoms with E-state index in [1.807, 2.05) is 38.1 Å². The number of carboxylic acid groups (broad SMARTS) is 1. The van der Waals surface area contributed by atoms with Crippen molar-refractivity contribution in [2.45, 2.75) is 45.0 Å². The van der Waals surface area contributed by atoms with E-state index in [0.717, 1.165) is 17.7 Å². The van der Waals surface area contributed by atoms with Gasteiger partial charge in [-0.25, -0.2) is 4.79 Å². The van der Waals surface area contributed by atoms with E-state index >= 15 is 0 Å². The van der Waals surface area contributed by atoms with E-state index in [2.05, 4.69) is 11.9 Å². The largest absolute Gasteiger partial charge is 0.493 e. The molecule has 0 spiro atoms. The highest BCUT2D eigenvalue weighted by Gasteiger charge is 2.27. The third kappa shape index (κ3) is 9.06. The van der Waals surface area contributed by atoms with Crippen LogP contribution in [-0.4, -0.2) is 43.8 Å². The number of carbonyl (C=O) groups excluding carboxylic acids is 1. The van der Waals surface area contributed by atoms with Gasteiger partial charge < -0.3 is 25.5 Å². The Labute approximate surface area is 167 Å². The molecule has 1 amide bonds. The molecule has 0 bridgehead atoms. The molecule has 0 aromatic heterocycles. The minimum absolute atomic E-state index is 0.0613. The van der Waals surface area contributed by atoms with Gasteiger partial charge in [0, 0.05) is 5.82 Å². The zero-order valence-electron chi connectivity index (χ0n) is 16.6. The Morgan fingerprint density at radius 3 is 2.54 bits per heavy atom. The van der Waals surface area contributed by atoms with E-state index in [-0.39, 0.29) is 12.6 Å². The molecular formula is C20H30BN2O5. The molecule has 0 unspecified atom stereocenters. The van der Waals surface area contributed by atoms with Gasteiger partial charge in [-0.3, -0.25) is 4.79 Å². The SMILES string of the molecule is C=CCCOc1ccc(C[C@H]([B]OCN)C(=O)N[C@@H](CC(C)C)C(=O)O)cc1. The Hall–Kier alpha value is -2.32. The first-order valence-corrected chi connectivity index (χ1v) is 9.38. The van der Waals surface area contributed by atoms with Crippen LogP contribution in [0.1, 0.15) is 32.3 Å². The Morgan fingerprint density at radius 1 is 1.32 bits per heavy atom. The smallest absolute Gasteiger partial charge is 0.326 e. The van der Waals surface area contributed by atoms with E-state index in [4.69, 9.17) is 15.1 Å². The quantitative estimate of drug-likeness (QED) is 0.195. The van der Waals surface area contributed by atoms with Gasteiger partial charge in [-0.1, -0.05) is 32.1 Å². The number of benzene rings is 1. The van der Waals surface area contributed by atoms with Crippen LogP contribution < -0.4 is 15.8 Å². The topological polar surface area (TPSA) is 111 Å². The van der Waals surface area contributed by atoms with Crippen molar-refractivity contribution in [3.8, 4) is 5.75 Å². The molecule has 153 valence electrons. The molecule has 1 aromatic rings. The Bertz CT molecular complexity index is 622. The van der Waals surface area contributed by atoms with Crippen molar-refractivity contribution in [1.82, 2.24) is 5.32 Å². The summed E-state index contributed by atoms with van der Waals surface area (Å²) < 4.78 is 10.7. The number of nitrogens with one attached hydrogen (secondary N) is 1. The maximum absolute atomic E-state index is 12.6. The fraction of sp³-hybridized carbons (Fsp3) is 0.500. The molecule has 0 saturated carbocycles. The summed E-state index contributed by atoms with van der Waals surface area (Å²) in [5.74, 6) is -1.26. The summed E-state index contributed by atoms with van der Waals surface area (Å²) in [4.78, 5) is 24.0. The van der Waals surface area contributed by atoms with Crippen LogP contribution in [-0.2, 0) is 20.7 Å². The molecule has 28 heavy (non-hydrogen) atoms. The van der Waals surface area contributed by atoms with Gasteiger partial charge >= 0.3 is 13.5 Å². The van der Waals surface area contributed by atoms with Gasteiger partial charge in [0.1, 0.15) is 11.8 Å². The summed E-state index contributed by atoms with van der Waals surface area (Å²) in [6, 6.07) is 6.44. The van der Waals surface area contributed by atoms with E-state index in [0.29, 0.717) is 19.4 Å². The lowest BCUT2D eigenvalue weighted by atomic mass is 9.75. The normalized spacial score (nSPS) is 12.9. The average Bonchev–Trinajstić information content (AvgIpc) is 2.65. The molecule has 0 heterocycles. The van der Waals surface area contributed by atoms with Gasteiger partial charge in [0.25, 0.3) is 0 Å². The summed E-state index contributed by atoms with van der Waals surface area (Å²) in [6.07, 6.45) is 3.25. The average molecular weight is 389 g/mol. The first-order chi connectivity index (χ1) is 13.4. The standard InChI is InChI=1S/C20H30BN2O5/c1-4-5-10-27-16-8-6-15(7-9-16)12-17(21-28-13-22)19(24)23-18(20(25)26)11-14(2)3/h4,6-9,14,17-18H,1,5,10-13,22H2,2-3H3,(H,23,24)(H,25,26)/t17-,18-/m0/s1. The van der Waals surface area contributed by atoms with Gasteiger partial charge in [0.15, 0.2) is 0 Å². The van der Waals surface area contributed by atoms with Crippen molar-refractivity contribution < 1.29 is 24.1 Å². The molecule has 2 atom stereocenters. The highest BCUT2D eigenvalue weighted by atomic mass is 16.5. The van der Waals surface area contributed by atoms with E-state index in [9.17, 15) is 14.7 Å². The van der Waals surface area contributed by atoms with Crippen molar-refractivity contribution in [2.24, 2.45) is 11.7 Å². The lowest BCUT2D eigenvalue weighted by molar-refractivity contribution is -0.142. The van der Waals surface area contributed by atoms with Gasteiger partial charge in [-0.15, -0.1) is 6.58 Å². The van der Waals surface area contributed by atoms with E-state index in [1.165, 1.54) is 7.48 Å². The van der Waals surface area contributed by atoms with Crippen LogP contribution in [0, 0.1) is 5.92 Å². The summed E-state index contributed by atoms with van der Waals surface area (Å²) in [6.45, 7) is 7.95. The van der Waals surface area contributed by atoms with Crippen molar-refractivity contribution in [3.05, 3.63) is 42.5 Å². The molecule has 8 heteroatoms. The molecular weight excluding hydrogens is 359 g/mol. The molecule has 1 aromatic carbocycles. The minimum atomic E-state index is -1.05. The molecule has 0 aliphatic heterocycles. The predicted molar refractivity (Wildman–Crippen MR) is 109 cm³/mol. The van der Waals surface area contributed by atoms with Gasteiger partial charge in [0.2, 0.25) is 5.91 Å². The van der Waals surface area contributed by atoms with Gasteiger partial charge in [0.05, 0.1) is 13.3 Å². The van der Waals surface area contributed by atoms with E-state index in [1.54, 1.807) is 6.08 Å². The number of rotatable bonds is 14. The number of carbonyl (C=O) groups is 2.